The van der Waals surface area contributed by atoms with Crippen molar-refractivity contribution in [3.05, 3.63) is 12.4 Å². The number of rotatable bonds is 8. The largest absolute Gasteiger partial charge is 0.490 e. The van der Waals surface area contributed by atoms with E-state index in [2.05, 4.69) is 31.2 Å². The van der Waals surface area contributed by atoms with E-state index >= 15 is 0 Å². The number of ether oxygens (including phenoxy) is 1. The third-order valence-corrected chi connectivity index (χ3v) is 2.34. The van der Waals surface area contributed by atoms with Crippen LogP contribution in [-0.2, 0) is 6.54 Å². The van der Waals surface area contributed by atoms with Gasteiger partial charge in [0.15, 0.2) is 5.75 Å². The average molecular weight is 225 g/mol. The normalized spacial score (nSPS) is 12.7. The van der Waals surface area contributed by atoms with Crippen molar-refractivity contribution < 1.29 is 4.74 Å². The van der Waals surface area contributed by atoms with Gasteiger partial charge in [-0.2, -0.15) is 5.10 Å². The van der Waals surface area contributed by atoms with Crippen LogP contribution in [0, 0.1) is 5.92 Å². The molecule has 0 spiro atoms. The average Bonchev–Trinajstić information content (AvgIpc) is 2.72. The Kier molecular flexibility index (Phi) is 5.93. The molecule has 16 heavy (non-hydrogen) atoms. The molecule has 0 aromatic carbocycles. The fraction of sp³-hybridized carbons (Fsp3) is 0.750. The Bertz CT molecular complexity index is 286. The van der Waals surface area contributed by atoms with Gasteiger partial charge >= 0.3 is 0 Å². The maximum Gasteiger partial charge on any atom is 0.157 e. The van der Waals surface area contributed by atoms with Gasteiger partial charge in [-0.25, -0.2) is 0 Å². The number of nitrogens with one attached hydrogen (secondary N) is 1. The molecular formula is C12H23N3O. The molecule has 4 heteroatoms. The summed E-state index contributed by atoms with van der Waals surface area (Å²) in [6.07, 6.45) is 4.84. The highest BCUT2D eigenvalue weighted by Crippen LogP contribution is 2.09. The molecule has 4 nitrogen and oxygen atoms in total. The lowest BCUT2D eigenvalue weighted by atomic mass is 10.2. The summed E-state index contributed by atoms with van der Waals surface area (Å²) in [4.78, 5) is 0. The third-order valence-electron chi connectivity index (χ3n) is 2.34. The van der Waals surface area contributed by atoms with Crippen LogP contribution < -0.4 is 10.1 Å². The van der Waals surface area contributed by atoms with Crippen molar-refractivity contribution in [3.63, 3.8) is 0 Å². The Balaban J connectivity index is 2.25. The zero-order valence-corrected chi connectivity index (χ0v) is 10.6. The van der Waals surface area contributed by atoms with Crippen molar-refractivity contribution in [3.8, 4) is 5.75 Å². The van der Waals surface area contributed by atoms with Crippen LogP contribution in [0.25, 0.3) is 0 Å². The number of hydrogen-bond acceptors (Lipinski definition) is 3. The summed E-state index contributed by atoms with van der Waals surface area (Å²) < 4.78 is 7.59. The van der Waals surface area contributed by atoms with E-state index in [1.54, 1.807) is 6.20 Å². The van der Waals surface area contributed by atoms with E-state index in [0.29, 0.717) is 5.92 Å². The Labute approximate surface area is 98.0 Å². The van der Waals surface area contributed by atoms with Crippen molar-refractivity contribution in [1.82, 2.24) is 15.1 Å². The van der Waals surface area contributed by atoms with E-state index in [1.807, 2.05) is 10.9 Å². The summed E-state index contributed by atoms with van der Waals surface area (Å²) in [6.45, 7) is 10.1. The van der Waals surface area contributed by atoms with Gasteiger partial charge in [0.1, 0.15) is 0 Å². The first-order valence-corrected chi connectivity index (χ1v) is 6.12. The predicted molar refractivity (Wildman–Crippen MR) is 65.7 cm³/mol. The highest BCUT2D eigenvalue weighted by molar-refractivity contribution is 5.11. The van der Waals surface area contributed by atoms with Crippen LogP contribution >= 0.6 is 0 Å². The van der Waals surface area contributed by atoms with Crippen LogP contribution in [0.1, 0.15) is 27.2 Å². The highest BCUT2D eigenvalue weighted by Gasteiger charge is 2.04. The minimum Gasteiger partial charge on any atom is -0.490 e. The fourth-order valence-corrected chi connectivity index (χ4v) is 1.46. The molecule has 0 aliphatic carbocycles. The van der Waals surface area contributed by atoms with Gasteiger partial charge in [0.05, 0.1) is 19.0 Å². The predicted octanol–water partition coefficient (Wildman–Crippen LogP) is 1.92. The molecule has 1 aromatic rings. The minimum absolute atomic E-state index is 0.523. The molecule has 1 rings (SSSR count). The highest BCUT2D eigenvalue weighted by atomic mass is 16.5. The SMILES string of the molecule is CCCn1cc(OCC(C)CNCC)cn1. The topological polar surface area (TPSA) is 39.1 Å². The molecule has 1 N–H and O–H groups in total. The van der Waals surface area contributed by atoms with E-state index in [1.165, 1.54) is 0 Å². The molecule has 0 saturated heterocycles. The van der Waals surface area contributed by atoms with Crippen LogP contribution in [0.2, 0.25) is 0 Å². The summed E-state index contributed by atoms with van der Waals surface area (Å²) in [5.74, 6) is 1.39. The summed E-state index contributed by atoms with van der Waals surface area (Å²) >= 11 is 0. The van der Waals surface area contributed by atoms with E-state index in [4.69, 9.17) is 4.74 Å². The summed E-state index contributed by atoms with van der Waals surface area (Å²) in [5.41, 5.74) is 0. The molecule has 0 aliphatic rings. The number of hydrogen-bond donors (Lipinski definition) is 1. The second-order valence-corrected chi connectivity index (χ2v) is 4.16. The summed E-state index contributed by atoms with van der Waals surface area (Å²) in [6, 6.07) is 0. The molecule has 1 aromatic heterocycles. The Morgan fingerprint density at radius 1 is 1.50 bits per heavy atom. The van der Waals surface area contributed by atoms with Crippen LogP contribution in [-0.4, -0.2) is 29.5 Å². The number of aryl methyl sites for hydroxylation is 1. The van der Waals surface area contributed by atoms with Crippen LogP contribution in [0.3, 0.4) is 0 Å². The lowest BCUT2D eigenvalue weighted by Gasteiger charge is -2.11. The fourth-order valence-electron chi connectivity index (χ4n) is 1.46. The third kappa shape index (κ3) is 4.66. The Morgan fingerprint density at radius 3 is 3.00 bits per heavy atom. The standard InChI is InChI=1S/C12H23N3O/c1-4-6-15-9-12(8-14-15)16-10-11(3)7-13-5-2/h8-9,11,13H,4-7,10H2,1-3H3. The maximum absolute atomic E-state index is 5.67. The van der Waals surface area contributed by atoms with Crippen molar-refractivity contribution in [1.29, 1.82) is 0 Å². The number of nitrogens with zero attached hydrogens (tertiary/aromatic N) is 2. The Morgan fingerprint density at radius 2 is 2.31 bits per heavy atom. The van der Waals surface area contributed by atoms with Crippen LogP contribution in [0.4, 0.5) is 0 Å². The molecule has 92 valence electrons. The van der Waals surface area contributed by atoms with Crippen molar-refractivity contribution in [2.24, 2.45) is 5.92 Å². The lowest BCUT2D eigenvalue weighted by molar-refractivity contribution is 0.256. The second kappa shape index (κ2) is 7.28. The van der Waals surface area contributed by atoms with Gasteiger partial charge in [0.2, 0.25) is 0 Å². The van der Waals surface area contributed by atoms with E-state index in [0.717, 1.165) is 38.4 Å². The zero-order chi connectivity index (χ0) is 11.8. The molecule has 0 saturated carbocycles. The first-order chi connectivity index (χ1) is 7.76. The molecule has 0 aliphatic heterocycles. The van der Waals surface area contributed by atoms with Crippen molar-refractivity contribution in [2.75, 3.05) is 19.7 Å². The van der Waals surface area contributed by atoms with Gasteiger partial charge in [-0.05, 0) is 13.0 Å². The van der Waals surface area contributed by atoms with E-state index < -0.39 is 0 Å². The van der Waals surface area contributed by atoms with Gasteiger partial charge in [-0.1, -0.05) is 20.8 Å². The molecule has 1 heterocycles. The molecule has 0 bridgehead atoms. The second-order valence-electron chi connectivity index (χ2n) is 4.16. The van der Waals surface area contributed by atoms with Gasteiger partial charge in [-0.3, -0.25) is 4.68 Å². The minimum atomic E-state index is 0.523. The molecule has 1 atom stereocenters. The number of aromatic nitrogens is 2. The Hall–Kier alpha value is -1.03. The quantitative estimate of drug-likeness (QED) is 0.734. The summed E-state index contributed by atoms with van der Waals surface area (Å²) in [5, 5.41) is 7.53. The first-order valence-electron chi connectivity index (χ1n) is 6.12. The first kappa shape index (κ1) is 13.0. The molecule has 0 amide bonds. The molecule has 1 unspecified atom stereocenters. The smallest absolute Gasteiger partial charge is 0.157 e. The monoisotopic (exact) mass is 225 g/mol. The van der Waals surface area contributed by atoms with Crippen LogP contribution in [0.5, 0.6) is 5.75 Å². The van der Waals surface area contributed by atoms with Crippen molar-refractivity contribution >= 4 is 0 Å². The van der Waals surface area contributed by atoms with E-state index in [9.17, 15) is 0 Å². The lowest BCUT2D eigenvalue weighted by Crippen LogP contribution is -2.24. The van der Waals surface area contributed by atoms with Gasteiger partial charge in [-0.15, -0.1) is 0 Å². The maximum atomic E-state index is 5.67. The summed E-state index contributed by atoms with van der Waals surface area (Å²) in [7, 11) is 0. The van der Waals surface area contributed by atoms with E-state index in [-0.39, 0.29) is 0 Å². The zero-order valence-electron chi connectivity index (χ0n) is 10.6. The van der Waals surface area contributed by atoms with Gasteiger partial charge < -0.3 is 10.1 Å². The van der Waals surface area contributed by atoms with Gasteiger partial charge in [0.25, 0.3) is 0 Å². The molecule has 0 fully saturated rings. The van der Waals surface area contributed by atoms with Gasteiger partial charge in [0, 0.05) is 19.0 Å². The molecule has 0 radical (unpaired) electrons. The molecular weight excluding hydrogens is 202 g/mol. The van der Waals surface area contributed by atoms with Crippen LogP contribution in [0.15, 0.2) is 12.4 Å². The van der Waals surface area contributed by atoms with Crippen molar-refractivity contribution in [2.45, 2.75) is 33.7 Å².